The molecule has 102 valence electrons. The SMILES string of the molecule is CC1=C[C@@H](O)[C@@]2(CC1=O)[C@@H](C(C)C)C[C@H](O)[C@H]2C. The lowest BCUT2D eigenvalue weighted by molar-refractivity contribution is -0.126. The Morgan fingerprint density at radius 2 is 2.00 bits per heavy atom. The maximum atomic E-state index is 12.1. The monoisotopic (exact) mass is 252 g/mol. The summed E-state index contributed by atoms with van der Waals surface area (Å²) in [6, 6.07) is 0. The Labute approximate surface area is 109 Å². The zero-order valence-corrected chi connectivity index (χ0v) is 11.7. The first-order chi connectivity index (χ1) is 8.30. The molecule has 1 saturated carbocycles. The summed E-state index contributed by atoms with van der Waals surface area (Å²) in [4.78, 5) is 12.1. The van der Waals surface area contributed by atoms with Crippen LogP contribution in [0.25, 0.3) is 0 Å². The Kier molecular flexibility index (Phi) is 3.41. The van der Waals surface area contributed by atoms with Crippen LogP contribution in [0.3, 0.4) is 0 Å². The third-order valence-electron chi connectivity index (χ3n) is 5.28. The summed E-state index contributed by atoms with van der Waals surface area (Å²) in [6.07, 6.45) is 1.73. The molecule has 0 aliphatic heterocycles. The van der Waals surface area contributed by atoms with Gasteiger partial charge in [-0.3, -0.25) is 4.79 Å². The third kappa shape index (κ3) is 1.76. The largest absolute Gasteiger partial charge is 0.393 e. The van der Waals surface area contributed by atoms with Crippen molar-refractivity contribution in [3.05, 3.63) is 11.6 Å². The van der Waals surface area contributed by atoms with Crippen molar-refractivity contribution in [1.29, 1.82) is 0 Å². The van der Waals surface area contributed by atoms with Crippen LogP contribution in [0.15, 0.2) is 11.6 Å². The van der Waals surface area contributed by atoms with Crippen molar-refractivity contribution in [2.24, 2.45) is 23.2 Å². The van der Waals surface area contributed by atoms with Gasteiger partial charge in [-0.25, -0.2) is 0 Å². The molecule has 0 aromatic heterocycles. The average Bonchev–Trinajstić information content (AvgIpc) is 2.53. The van der Waals surface area contributed by atoms with Gasteiger partial charge >= 0.3 is 0 Å². The van der Waals surface area contributed by atoms with Gasteiger partial charge in [0.05, 0.1) is 12.2 Å². The maximum absolute atomic E-state index is 12.1. The molecule has 0 aromatic carbocycles. The Morgan fingerprint density at radius 1 is 1.39 bits per heavy atom. The molecule has 3 nitrogen and oxygen atoms in total. The molecule has 2 rings (SSSR count). The van der Waals surface area contributed by atoms with Gasteiger partial charge < -0.3 is 10.2 Å². The lowest BCUT2D eigenvalue weighted by atomic mass is 9.60. The van der Waals surface area contributed by atoms with E-state index in [4.69, 9.17) is 0 Å². The predicted octanol–water partition coefficient (Wildman–Crippen LogP) is 1.93. The molecule has 0 amide bonds. The molecule has 5 atom stereocenters. The molecule has 1 fully saturated rings. The van der Waals surface area contributed by atoms with Gasteiger partial charge in [0.2, 0.25) is 0 Å². The number of aliphatic hydroxyl groups excluding tert-OH is 2. The second kappa shape index (κ2) is 4.46. The molecule has 18 heavy (non-hydrogen) atoms. The van der Waals surface area contributed by atoms with E-state index in [0.717, 1.165) is 0 Å². The molecule has 0 saturated heterocycles. The molecule has 2 aliphatic carbocycles. The first kappa shape index (κ1) is 13.8. The minimum absolute atomic E-state index is 0.0341. The maximum Gasteiger partial charge on any atom is 0.159 e. The molecule has 1 spiro atoms. The summed E-state index contributed by atoms with van der Waals surface area (Å²) in [5, 5.41) is 20.7. The summed E-state index contributed by atoms with van der Waals surface area (Å²) < 4.78 is 0. The fourth-order valence-corrected chi connectivity index (χ4v) is 4.06. The van der Waals surface area contributed by atoms with E-state index in [1.165, 1.54) is 0 Å². The van der Waals surface area contributed by atoms with Gasteiger partial charge in [0.25, 0.3) is 0 Å². The number of hydrogen-bond acceptors (Lipinski definition) is 3. The van der Waals surface area contributed by atoms with E-state index in [-0.39, 0.29) is 17.6 Å². The van der Waals surface area contributed by atoms with E-state index in [1.54, 1.807) is 13.0 Å². The first-order valence-electron chi connectivity index (χ1n) is 6.88. The third-order valence-corrected chi connectivity index (χ3v) is 5.28. The first-order valence-corrected chi connectivity index (χ1v) is 6.88. The number of carbonyl (C=O) groups excluding carboxylic acids is 1. The molecule has 0 unspecified atom stereocenters. The molecule has 2 aliphatic rings. The zero-order valence-electron chi connectivity index (χ0n) is 11.7. The number of carbonyl (C=O) groups is 1. The van der Waals surface area contributed by atoms with Crippen LogP contribution in [0.1, 0.15) is 40.5 Å². The fourth-order valence-electron chi connectivity index (χ4n) is 4.06. The molecule has 2 N–H and O–H groups in total. The summed E-state index contributed by atoms with van der Waals surface area (Å²) in [5.41, 5.74) is 0.189. The van der Waals surface area contributed by atoms with E-state index < -0.39 is 17.6 Å². The van der Waals surface area contributed by atoms with E-state index in [9.17, 15) is 15.0 Å². The van der Waals surface area contributed by atoms with E-state index in [2.05, 4.69) is 13.8 Å². The number of ketones is 1. The molecule has 0 bridgehead atoms. The van der Waals surface area contributed by atoms with Crippen LogP contribution < -0.4 is 0 Å². The van der Waals surface area contributed by atoms with Crippen LogP contribution in [-0.2, 0) is 4.79 Å². The van der Waals surface area contributed by atoms with E-state index in [1.807, 2.05) is 6.92 Å². The summed E-state index contributed by atoms with van der Waals surface area (Å²) in [7, 11) is 0. The quantitative estimate of drug-likeness (QED) is 0.749. The van der Waals surface area contributed by atoms with Crippen molar-refractivity contribution in [2.45, 2.75) is 52.7 Å². The minimum atomic E-state index is -0.616. The van der Waals surface area contributed by atoms with Gasteiger partial charge in [0, 0.05) is 11.8 Å². The molecule has 0 aromatic rings. The highest BCUT2D eigenvalue weighted by Gasteiger charge is 2.58. The average molecular weight is 252 g/mol. The van der Waals surface area contributed by atoms with Crippen LogP contribution in [0.4, 0.5) is 0 Å². The van der Waals surface area contributed by atoms with Gasteiger partial charge in [-0.1, -0.05) is 20.8 Å². The number of rotatable bonds is 1. The van der Waals surface area contributed by atoms with Crippen molar-refractivity contribution in [2.75, 3.05) is 0 Å². The highest BCUT2D eigenvalue weighted by molar-refractivity contribution is 5.96. The number of Topliss-reactive ketones (excluding diaryl/α,β-unsaturated/α-hetero) is 1. The van der Waals surface area contributed by atoms with Crippen molar-refractivity contribution < 1.29 is 15.0 Å². The Hall–Kier alpha value is -0.670. The van der Waals surface area contributed by atoms with Gasteiger partial charge in [0.15, 0.2) is 5.78 Å². The molecule has 3 heteroatoms. The predicted molar refractivity (Wildman–Crippen MR) is 69.9 cm³/mol. The van der Waals surface area contributed by atoms with Crippen LogP contribution in [0.5, 0.6) is 0 Å². The summed E-state index contributed by atoms with van der Waals surface area (Å²) in [5.74, 6) is 0.643. The molecule has 0 radical (unpaired) electrons. The highest BCUT2D eigenvalue weighted by atomic mass is 16.3. The second-order valence-electron chi connectivity index (χ2n) is 6.45. The standard InChI is InChI=1S/C15H24O3/c1-8(2)11-6-12(16)10(4)15(11)7-13(17)9(3)5-14(15)18/h5,8,10-12,14,16,18H,6-7H2,1-4H3/t10-,11-,12+,14-,15-/m1/s1. The lowest BCUT2D eigenvalue weighted by Crippen LogP contribution is -2.48. The van der Waals surface area contributed by atoms with E-state index >= 15 is 0 Å². The number of allylic oxidation sites excluding steroid dienone is 1. The van der Waals surface area contributed by atoms with Crippen molar-refractivity contribution in [1.82, 2.24) is 0 Å². The Balaban J connectivity index is 2.47. The molecular formula is C15H24O3. The molecular weight excluding hydrogens is 228 g/mol. The zero-order chi connectivity index (χ0) is 13.7. The lowest BCUT2D eigenvalue weighted by Gasteiger charge is -2.45. The summed E-state index contributed by atoms with van der Waals surface area (Å²) in [6.45, 7) is 7.95. The Morgan fingerprint density at radius 3 is 2.56 bits per heavy atom. The van der Waals surface area contributed by atoms with Gasteiger partial charge in [0.1, 0.15) is 0 Å². The minimum Gasteiger partial charge on any atom is -0.393 e. The normalized spacial score (nSPS) is 44.8. The second-order valence-corrected chi connectivity index (χ2v) is 6.45. The summed E-state index contributed by atoms with van der Waals surface area (Å²) >= 11 is 0. The number of aliphatic hydroxyl groups is 2. The molecule has 0 heterocycles. The van der Waals surface area contributed by atoms with Crippen LogP contribution >= 0.6 is 0 Å². The van der Waals surface area contributed by atoms with Crippen LogP contribution in [0, 0.1) is 23.2 Å². The van der Waals surface area contributed by atoms with Gasteiger partial charge in [-0.15, -0.1) is 0 Å². The van der Waals surface area contributed by atoms with Crippen molar-refractivity contribution in [3.63, 3.8) is 0 Å². The van der Waals surface area contributed by atoms with Crippen molar-refractivity contribution in [3.8, 4) is 0 Å². The van der Waals surface area contributed by atoms with Crippen LogP contribution in [-0.4, -0.2) is 28.2 Å². The smallest absolute Gasteiger partial charge is 0.159 e. The highest BCUT2D eigenvalue weighted by Crippen LogP contribution is 2.57. The fraction of sp³-hybridized carbons (Fsp3) is 0.800. The topological polar surface area (TPSA) is 57.5 Å². The van der Waals surface area contributed by atoms with Crippen LogP contribution in [0.2, 0.25) is 0 Å². The van der Waals surface area contributed by atoms with Crippen molar-refractivity contribution >= 4 is 5.78 Å². The van der Waals surface area contributed by atoms with Gasteiger partial charge in [-0.2, -0.15) is 0 Å². The number of hydrogen-bond donors (Lipinski definition) is 2. The van der Waals surface area contributed by atoms with E-state index in [0.29, 0.717) is 24.3 Å². The Bertz CT molecular complexity index is 385. The van der Waals surface area contributed by atoms with Gasteiger partial charge in [-0.05, 0) is 42.7 Å².